The fourth-order valence-electron chi connectivity index (χ4n) is 10.6. The Bertz CT molecular complexity index is 3920. The third-order valence-corrected chi connectivity index (χ3v) is 18.9. The van der Waals surface area contributed by atoms with Crippen LogP contribution in [0.15, 0.2) is 122 Å². The van der Waals surface area contributed by atoms with Gasteiger partial charge in [-0.15, -0.1) is 10.2 Å². The zero-order chi connectivity index (χ0) is 65.9. The highest BCUT2D eigenvalue weighted by molar-refractivity contribution is 7.93. The summed E-state index contributed by atoms with van der Waals surface area (Å²) in [6.45, 7) is 14.5. The maximum atomic E-state index is 14.6. The number of nitriles is 1. The molecule has 6 aromatic rings. The molecule has 0 aromatic heterocycles. The fourth-order valence-corrected chi connectivity index (χ4v) is 14.2. The Morgan fingerprint density at radius 3 is 1.82 bits per heavy atom. The molecular formula is C65H84N8O14S3. The summed E-state index contributed by atoms with van der Waals surface area (Å²) in [4.78, 5) is 21.6. The van der Waals surface area contributed by atoms with E-state index in [2.05, 4.69) is 57.4 Å². The molecular weight excluding hydrogens is 1210 g/mol. The molecule has 0 saturated carbocycles. The highest BCUT2D eigenvalue weighted by atomic mass is 32.2. The van der Waals surface area contributed by atoms with Gasteiger partial charge in [0.05, 0.1) is 61.9 Å². The fraction of sp³-hybridized carbons (Fsp3) is 0.446. The first-order chi connectivity index (χ1) is 42.6. The number of aromatic hydroxyl groups is 2. The highest BCUT2D eigenvalue weighted by Crippen LogP contribution is 2.47. The minimum Gasteiger partial charge on any atom is -0.506 e. The maximum absolute atomic E-state index is 14.6. The number of sulfonamides is 3. The molecule has 6 N–H and O–H groups in total. The molecule has 0 bridgehead atoms. The minimum absolute atomic E-state index is 0.0133. The van der Waals surface area contributed by atoms with Crippen LogP contribution in [0.1, 0.15) is 162 Å². The summed E-state index contributed by atoms with van der Waals surface area (Å²) in [5.74, 6) is -1.16. The number of nitro groups is 1. The van der Waals surface area contributed by atoms with E-state index in [9.17, 15) is 55.6 Å². The van der Waals surface area contributed by atoms with Crippen LogP contribution in [0.5, 0.6) is 23.0 Å². The summed E-state index contributed by atoms with van der Waals surface area (Å²) < 4.78 is 111. The molecule has 0 aliphatic rings. The van der Waals surface area contributed by atoms with Crippen LogP contribution in [-0.2, 0) is 45.0 Å². The number of non-ortho nitro benzene ring substituents is 1. The van der Waals surface area contributed by atoms with Crippen LogP contribution in [0.2, 0.25) is 0 Å². The van der Waals surface area contributed by atoms with Crippen LogP contribution in [0.25, 0.3) is 10.8 Å². The molecule has 6 rings (SSSR count). The van der Waals surface area contributed by atoms with Crippen molar-refractivity contribution >= 4 is 86.6 Å². The monoisotopic (exact) mass is 1300 g/mol. The zero-order valence-corrected chi connectivity index (χ0v) is 54.9. The summed E-state index contributed by atoms with van der Waals surface area (Å²) >= 11 is 0. The number of anilines is 4. The lowest BCUT2D eigenvalue weighted by Gasteiger charge is -2.34. The Labute approximate surface area is 529 Å². The van der Waals surface area contributed by atoms with Crippen molar-refractivity contribution in [2.45, 2.75) is 171 Å². The summed E-state index contributed by atoms with van der Waals surface area (Å²) in [7, 11) is -12.8. The predicted octanol–water partition coefficient (Wildman–Crippen LogP) is 15.8. The van der Waals surface area contributed by atoms with Gasteiger partial charge in [0.15, 0.2) is 0 Å². The van der Waals surface area contributed by atoms with Crippen LogP contribution < -0.4 is 29.0 Å². The number of hydrogen-bond acceptors (Lipinski definition) is 17. The Hall–Kier alpha value is -8.05. The smallest absolute Gasteiger partial charge is 0.270 e. The van der Waals surface area contributed by atoms with Gasteiger partial charge in [-0.3, -0.25) is 29.1 Å². The number of carbonyl (C=O) groups excluding carboxylic acids is 1. The third-order valence-electron chi connectivity index (χ3n) is 14.8. The second-order valence-electron chi connectivity index (χ2n) is 23.9. The number of rotatable bonds is 36. The number of hydrogen-bond donors (Lipinski definition) is 6. The van der Waals surface area contributed by atoms with Crippen molar-refractivity contribution in [1.82, 2.24) is 0 Å². The van der Waals surface area contributed by atoms with Crippen LogP contribution >= 0.6 is 0 Å². The van der Waals surface area contributed by atoms with E-state index in [1.165, 1.54) is 132 Å². The Morgan fingerprint density at radius 2 is 1.22 bits per heavy atom. The van der Waals surface area contributed by atoms with Crippen LogP contribution in [0.3, 0.4) is 0 Å². The van der Waals surface area contributed by atoms with E-state index in [4.69, 9.17) is 14.2 Å². The molecule has 0 spiro atoms. The van der Waals surface area contributed by atoms with Crippen LogP contribution in [0, 0.1) is 26.9 Å². The van der Waals surface area contributed by atoms with Crippen LogP contribution in [0.4, 0.5) is 39.8 Å². The van der Waals surface area contributed by atoms with Crippen molar-refractivity contribution in [3.63, 3.8) is 0 Å². The van der Waals surface area contributed by atoms with Gasteiger partial charge in [0.1, 0.15) is 46.3 Å². The number of methoxy groups -OCH3 is 1. The van der Waals surface area contributed by atoms with E-state index >= 15 is 0 Å². The maximum Gasteiger partial charge on any atom is 0.270 e. The Morgan fingerprint density at radius 1 is 0.633 bits per heavy atom. The number of nitrogens with zero attached hydrogens (tertiary/aromatic N) is 4. The van der Waals surface area contributed by atoms with Gasteiger partial charge in [0.25, 0.3) is 35.8 Å². The number of ether oxygens (including phenoxy) is 3. The molecule has 0 radical (unpaired) electrons. The molecule has 90 heavy (non-hydrogen) atoms. The molecule has 0 unspecified atom stereocenters. The molecule has 25 heteroatoms. The molecule has 1 amide bonds. The number of benzene rings is 6. The normalized spacial score (nSPS) is 12.2. The number of carbonyl (C=O) groups is 1. The van der Waals surface area contributed by atoms with E-state index in [1.807, 2.05) is 19.9 Å². The van der Waals surface area contributed by atoms with Gasteiger partial charge in [0.2, 0.25) is 5.91 Å². The van der Waals surface area contributed by atoms with Gasteiger partial charge >= 0.3 is 0 Å². The minimum atomic E-state index is -4.75. The van der Waals surface area contributed by atoms with Crippen molar-refractivity contribution in [2.75, 3.05) is 46.4 Å². The molecule has 0 aliphatic carbocycles. The largest absolute Gasteiger partial charge is 0.506 e. The molecule has 6 aromatic carbocycles. The third kappa shape index (κ3) is 20.0. The van der Waals surface area contributed by atoms with Crippen LogP contribution in [-0.4, -0.2) is 73.2 Å². The van der Waals surface area contributed by atoms with E-state index in [0.29, 0.717) is 24.3 Å². The van der Waals surface area contributed by atoms with Crippen molar-refractivity contribution < 1.29 is 59.4 Å². The van der Waals surface area contributed by atoms with Gasteiger partial charge in [-0.05, 0) is 84.3 Å². The number of amides is 1. The molecule has 0 aliphatic heterocycles. The van der Waals surface area contributed by atoms with Gasteiger partial charge in [-0.1, -0.05) is 150 Å². The van der Waals surface area contributed by atoms with Crippen molar-refractivity contribution in [3.05, 3.63) is 118 Å². The average molecular weight is 1300 g/mol. The first kappa shape index (κ1) is 71.0. The second kappa shape index (κ2) is 32.1. The highest BCUT2D eigenvalue weighted by Gasteiger charge is 2.33. The number of nitro benzene ring substituents is 1. The average Bonchev–Trinajstić information content (AvgIpc) is 0.789. The van der Waals surface area contributed by atoms with Crippen molar-refractivity contribution in [1.29, 1.82) is 5.26 Å². The van der Waals surface area contributed by atoms with E-state index in [0.717, 1.165) is 62.1 Å². The number of phenolic OH excluding ortho intramolecular Hbond substituents is 2. The first-order valence-electron chi connectivity index (χ1n) is 30.3. The van der Waals surface area contributed by atoms with Gasteiger partial charge in [-0.25, -0.2) is 25.3 Å². The van der Waals surface area contributed by atoms with Gasteiger partial charge in [0, 0.05) is 48.1 Å². The lowest BCUT2D eigenvalue weighted by molar-refractivity contribution is -0.384. The topological polar surface area (TPSA) is 327 Å². The molecule has 22 nitrogen and oxygen atoms in total. The standard InChI is InChI=1S/C65H84N8O14S3/c1-9-11-12-13-14-15-16-17-18-19-20-21-22-23-34-86-59-42-54(57(74)40-51(59)65(6,7)44-64(3,4)5)72-90(83,84)60-38-46(30-33-58(60)87-36-35-85-8)70-88(79,80)48-26-24-27-49(39-48)89(81,82)71-53-29-25-28-50-62(53)55(41-56(63(50)76)67-61(75)10-2)69-68-52-32-31-47(73(77)78)37-45(52)43-66/h24-33,37-42,70-72,74,76H,9-23,34-36,44H2,1-8H3,(H,67,75). The van der Waals surface area contributed by atoms with E-state index in [-0.39, 0.29) is 92.7 Å². The summed E-state index contributed by atoms with van der Waals surface area (Å²) in [6.07, 6.45) is 17.4. The second-order valence-corrected chi connectivity index (χ2v) is 28.9. The first-order valence-corrected chi connectivity index (χ1v) is 34.7. The Balaban J connectivity index is 1.26. The van der Waals surface area contributed by atoms with Crippen molar-refractivity contribution in [3.8, 4) is 29.1 Å². The Kier molecular flexibility index (Phi) is 25.3. The number of fused-ring (bicyclic) bond motifs is 1. The molecule has 0 heterocycles. The molecule has 486 valence electrons. The van der Waals surface area contributed by atoms with Gasteiger partial charge < -0.3 is 29.7 Å². The lowest BCUT2D eigenvalue weighted by atomic mass is 9.72. The number of phenols is 2. The van der Waals surface area contributed by atoms with Gasteiger partial charge in [-0.2, -0.15) is 5.26 Å². The SMILES string of the molecule is CCCCCCCCCCCCCCCCOc1cc(NS(=O)(=O)c2cc(NS(=O)(=O)c3cccc(S(=O)(=O)Nc4cccc5c(O)c(NC(=O)CC)cc(N=Nc6ccc([N+](=O)[O-])cc6C#N)c45)c3)ccc2OCCOC)c(O)cc1C(C)(C)CC(C)(C)C. The molecule has 0 atom stereocenters. The number of azo groups is 1. The summed E-state index contributed by atoms with van der Waals surface area (Å²) in [5.41, 5.74) is -1.62. The quantitative estimate of drug-likeness (QED) is 0.00700. The molecule has 0 saturated heterocycles. The number of nitrogens with one attached hydrogen (secondary N) is 4. The predicted molar refractivity (Wildman–Crippen MR) is 350 cm³/mol. The number of unbranched alkanes of at least 4 members (excludes halogenated alkanes) is 13. The molecule has 0 fully saturated rings. The van der Waals surface area contributed by atoms with E-state index in [1.54, 1.807) is 6.92 Å². The van der Waals surface area contributed by atoms with Crippen molar-refractivity contribution in [2.24, 2.45) is 15.6 Å². The van der Waals surface area contributed by atoms with E-state index < -0.39 is 66.8 Å². The summed E-state index contributed by atoms with van der Waals surface area (Å²) in [6, 6.07) is 21.2. The lowest BCUT2D eigenvalue weighted by Crippen LogP contribution is -2.26. The zero-order valence-electron chi connectivity index (χ0n) is 52.5. The summed E-state index contributed by atoms with van der Waals surface area (Å²) in [5, 5.41) is 55.0.